The third kappa shape index (κ3) is 9.39. The van der Waals surface area contributed by atoms with Crippen molar-refractivity contribution in [1.29, 1.82) is 0 Å². The van der Waals surface area contributed by atoms with Crippen molar-refractivity contribution in [3.05, 3.63) is 71.2 Å². The number of allylic oxidation sites excluding steroid dienone is 4. The average molecular weight is 429 g/mol. The summed E-state index contributed by atoms with van der Waals surface area (Å²) in [5.41, 5.74) is 5.50. The molecule has 0 saturated heterocycles. The van der Waals surface area contributed by atoms with Gasteiger partial charge in [0.1, 0.15) is 0 Å². The van der Waals surface area contributed by atoms with E-state index in [-0.39, 0.29) is 46.5 Å². The number of hydrogen-bond donors (Lipinski definition) is 1. The molecule has 0 radical (unpaired) electrons. The summed E-state index contributed by atoms with van der Waals surface area (Å²) in [4.78, 5) is 0. The second-order valence-corrected chi connectivity index (χ2v) is 6.29. The SMILES string of the molecule is CC1=CC(C)=C(c2[c-]c3ccccc3cc2)C1.CO.C[C-](C)C.Cl.Cl.[Ti+2]. The van der Waals surface area contributed by atoms with Crippen LogP contribution in [0.15, 0.2) is 53.6 Å². The molecule has 0 spiro atoms. The van der Waals surface area contributed by atoms with Crippen LogP contribution in [0.1, 0.15) is 46.6 Å². The van der Waals surface area contributed by atoms with Crippen LogP contribution in [-0.2, 0) is 21.7 Å². The predicted octanol–water partition coefficient (Wildman–Crippen LogP) is 6.83. The summed E-state index contributed by atoms with van der Waals surface area (Å²) < 4.78 is 0. The Bertz CT molecular complexity index is 703. The van der Waals surface area contributed by atoms with E-state index in [0.29, 0.717) is 0 Å². The van der Waals surface area contributed by atoms with Crippen LogP contribution in [-0.4, -0.2) is 12.2 Å². The van der Waals surface area contributed by atoms with Crippen molar-refractivity contribution in [2.75, 3.05) is 7.11 Å². The van der Waals surface area contributed by atoms with Crippen molar-refractivity contribution in [1.82, 2.24) is 0 Å². The normalized spacial score (nSPS) is 11.8. The molecule has 0 unspecified atom stereocenters. The molecule has 0 aromatic heterocycles. The van der Waals surface area contributed by atoms with Gasteiger partial charge < -0.3 is 11.0 Å². The van der Waals surface area contributed by atoms with Crippen LogP contribution in [0.5, 0.6) is 0 Å². The average Bonchev–Trinajstić information content (AvgIpc) is 2.87. The van der Waals surface area contributed by atoms with Crippen molar-refractivity contribution in [3.63, 3.8) is 0 Å². The third-order valence-corrected chi connectivity index (χ3v) is 3.38. The molecule has 0 saturated carbocycles. The summed E-state index contributed by atoms with van der Waals surface area (Å²) in [5, 5.41) is 9.46. The Labute approximate surface area is 186 Å². The molecule has 0 amide bonds. The molecule has 4 heteroatoms. The van der Waals surface area contributed by atoms with Gasteiger partial charge in [0.05, 0.1) is 0 Å². The Balaban J connectivity index is -0.000000527. The van der Waals surface area contributed by atoms with Gasteiger partial charge in [0.2, 0.25) is 0 Å². The first-order chi connectivity index (χ1) is 11.0. The first kappa shape index (κ1) is 30.2. The molecule has 1 nitrogen and oxygen atoms in total. The zero-order valence-electron chi connectivity index (χ0n) is 16.5. The van der Waals surface area contributed by atoms with Crippen LogP contribution in [0.25, 0.3) is 16.3 Å². The van der Waals surface area contributed by atoms with Crippen molar-refractivity contribution < 1.29 is 26.8 Å². The van der Waals surface area contributed by atoms with Gasteiger partial charge in [-0.2, -0.15) is 20.8 Å². The Hall–Kier alpha value is -0.566. The Morgan fingerprint density at radius 3 is 1.96 bits per heavy atom. The van der Waals surface area contributed by atoms with Crippen LogP contribution < -0.4 is 0 Å². The number of fused-ring (bicyclic) bond motifs is 1. The van der Waals surface area contributed by atoms with E-state index in [1.807, 2.05) is 0 Å². The minimum absolute atomic E-state index is 0. The topological polar surface area (TPSA) is 20.2 Å². The van der Waals surface area contributed by atoms with Gasteiger partial charge in [0, 0.05) is 7.11 Å². The first-order valence-electron chi connectivity index (χ1n) is 7.97. The predicted molar refractivity (Wildman–Crippen MR) is 117 cm³/mol. The summed E-state index contributed by atoms with van der Waals surface area (Å²) in [6.07, 6.45) is 3.35. The fraction of sp³-hybridized carbons (Fsp3) is 0.318. The van der Waals surface area contributed by atoms with Gasteiger partial charge in [0.25, 0.3) is 0 Å². The van der Waals surface area contributed by atoms with Gasteiger partial charge in [-0.15, -0.1) is 60.0 Å². The first-order valence-corrected chi connectivity index (χ1v) is 7.97. The molecule has 0 aliphatic heterocycles. The number of benzene rings is 2. The van der Waals surface area contributed by atoms with Crippen LogP contribution in [0, 0.1) is 12.0 Å². The zero-order chi connectivity index (χ0) is 17.4. The number of aliphatic hydroxyl groups is 1. The van der Waals surface area contributed by atoms with Gasteiger partial charge >= 0.3 is 21.7 Å². The Morgan fingerprint density at radius 1 is 0.923 bits per heavy atom. The molecular formula is C22H30Cl2OTi. The number of hydrogen-bond acceptors (Lipinski definition) is 1. The van der Waals surface area contributed by atoms with E-state index in [1.54, 1.807) is 0 Å². The Kier molecular flexibility index (Phi) is 18.0. The summed E-state index contributed by atoms with van der Waals surface area (Å²) in [7, 11) is 1.00. The fourth-order valence-corrected chi connectivity index (χ4v) is 2.53. The van der Waals surface area contributed by atoms with E-state index >= 15 is 0 Å². The van der Waals surface area contributed by atoms with Gasteiger partial charge in [-0.1, -0.05) is 46.4 Å². The van der Waals surface area contributed by atoms with E-state index in [4.69, 9.17) is 5.11 Å². The molecule has 0 fully saturated rings. The molecule has 3 rings (SSSR count). The second kappa shape index (κ2) is 15.5. The summed E-state index contributed by atoms with van der Waals surface area (Å²) in [5.74, 6) is 1.42. The van der Waals surface area contributed by atoms with Gasteiger partial charge in [-0.25, -0.2) is 0 Å². The molecular weight excluding hydrogens is 399 g/mol. The summed E-state index contributed by atoms with van der Waals surface area (Å²) in [6.45, 7) is 10.6. The summed E-state index contributed by atoms with van der Waals surface area (Å²) in [6, 6.07) is 16.3. The van der Waals surface area contributed by atoms with E-state index in [9.17, 15) is 0 Å². The minimum atomic E-state index is 0. The third-order valence-electron chi connectivity index (χ3n) is 3.38. The van der Waals surface area contributed by atoms with Crippen LogP contribution in [0.2, 0.25) is 0 Å². The molecule has 2 aromatic carbocycles. The van der Waals surface area contributed by atoms with Crippen LogP contribution in [0.3, 0.4) is 0 Å². The molecule has 1 aliphatic carbocycles. The quantitative estimate of drug-likeness (QED) is 0.389. The van der Waals surface area contributed by atoms with Gasteiger partial charge in [-0.05, 0) is 20.3 Å². The summed E-state index contributed by atoms with van der Waals surface area (Å²) >= 11 is 0. The van der Waals surface area contributed by atoms with E-state index in [1.165, 1.54) is 39.0 Å². The number of aliphatic hydroxyl groups excluding tert-OH is 1. The molecule has 0 atom stereocenters. The van der Waals surface area contributed by atoms with E-state index in [0.717, 1.165) is 13.5 Å². The molecule has 2 aromatic rings. The smallest absolute Gasteiger partial charge is 0.400 e. The van der Waals surface area contributed by atoms with Crippen molar-refractivity contribution in [2.24, 2.45) is 0 Å². The molecule has 0 heterocycles. The number of rotatable bonds is 1. The maximum Gasteiger partial charge on any atom is 2.00 e. The maximum atomic E-state index is 7.00. The van der Waals surface area contributed by atoms with Crippen LogP contribution >= 0.6 is 24.8 Å². The molecule has 1 N–H and O–H groups in total. The monoisotopic (exact) mass is 428 g/mol. The fourth-order valence-electron chi connectivity index (χ4n) is 2.53. The van der Waals surface area contributed by atoms with Gasteiger partial charge in [-0.3, -0.25) is 0 Å². The minimum Gasteiger partial charge on any atom is -0.400 e. The standard InChI is InChI=1S/C17H15.C4H9.CH4O.2ClH.Ti/c1-12-9-13(2)17(10-12)16-8-7-14-5-3-4-6-15(14)11-16;1-4(2)3;1-2;;;/h3-9H,10H2,1-2H3;1-3H3;2H,1H3;2*1H;/q2*-1;;;;+2. The van der Waals surface area contributed by atoms with Gasteiger partial charge in [0.15, 0.2) is 0 Å². The molecule has 142 valence electrons. The molecule has 1 aliphatic rings. The van der Waals surface area contributed by atoms with E-state index < -0.39 is 0 Å². The van der Waals surface area contributed by atoms with Crippen LogP contribution in [0.4, 0.5) is 0 Å². The van der Waals surface area contributed by atoms with Crippen molar-refractivity contribution in [3.8, 4) is 0 Å². The van der Waals surface area contributed by atoms with E-state index in [2.05, 4.69) is 83.2 Å². The molecule has 26 heavy (non-hydrogen) atoms. The maximum absolute atomic E-state index is 7.00. The molecule has 0 bridgehead atoms. The second-order valence-electron chi connectivity index (χ2n) is 6.29. The van der Waals surface area contributed by atoms with Crippen molar-refractivity contribution >= 4 is 41.2 Å². The Morgan fingerprint density at radius 2 is 1.46 bits per heavy atom. The number of halogens is 2. The largest absolute Gasteiger partial charge is 2.00 e. The van der Waals surface area contributed by atoms with Crippen molar-refractivity contribution in [2.45, 2.75) is 41.0 Å². The zero-order valence-corrected chi connectivity index (χ0v) is 19.7.